The van der Waals surface area contributed by atoms with E-state index in [4.69, 9.17) is 4.74 Å². The normalized spacial score (nSPS) is 23.7. The van der Waals surface area contributed by atoms with Crippen LogP contribution < -0.4 is 0 Å². The van der Waals surface area contributed by atoms with Gasteiger partial charge in [-0.1, -0.05) is 44.2 Å². The first-order valence-electron chi connectivity index (χ1n) is 5.44. The van der Waals surface area contributed by atoms with E-state index < -0.39 is 0 Å². The third-order valence-electron chi connectivity index (χ3n) is 3.30. The Morgan fingerprint density at radius 1 is 1.20 bits per heavy atom. The second kappa shape index (κ2) is 3.73. The van der Waals surface area contributed by atoms with Crippen molar-refractivity contribution in [2.45, 2.75) is 26.2 Å². The van der Waals surface area contributed by atoms with E-state index in [0.29, 0.717) is 5.92 Å². The summed E-state index contributed by atoms with van der Waals surface area (Å²) in [7, 11) is 1.76. The van der Waals surface area contributed by atoms with Crippen LogP contribution in [0.25, 0.3) is 0 Å². The van der Waals surface area contributed by atoms with Crippen LogP contribution in [0.5, 0.6) is 0 Å². The molecule has 0 bridgehead atoms. The van der Waals surface area contributed by atoms with Gasteiger partial charge in [0.05, 0.1) is 12.9 Å². The molecule has 1 aromatic rings. The van der Waals surface area contributed by atoms with Gasteiger partial charge in [-0.05, 0) is 23.0 Å². The minimum atomic E-state index is 0.201. The summed E-state index contributed by atoms with van der Waals surface area (Å²) in [5.41, 5.74) is 1.61. The standard InChI is InChI=1S/C14H18O/c1-14(2)10-12(15-3)9-13(14)11-7-5-4-6-8-11/h4-8,10,13H,9H2,1-3H3. The Morgan fingerprint density at radius 2 is 1.87 bits per heavy atom. The van der Waals surface area contributed by atoms with E-state index in [1.54, 1.807) is 7.11 Å². The first kappa shape index (κ1) is 10.3. The van der Waals surface area contributed by atoms with Crippen LogP contribution in [0.2, 0.25) is 0 Å². The number of allylic oxidation sites excluding steroid dienone is 2. The molecule has 0 radical (unpaired) electrons. The fourth-order valence-corrected chi connectivity index (χ4v) is 2.41. The van der Waals surface area contributed by atoms with Crippen molar-refractivity contribution in [2.75, 3.05) is 7.11 Å². The topological polar surface area (TPSA) is 9.23 Å². The number of hydrogen-bond donors (Lipinski definition) is 0. The highest BCUT2D eigenvalue weighted by Crippen LogP contribution is 2.47. The smallest absolute Gasteiger partial charge is 0.0927 e. The molecule has 1 heteroatoms. The molecule has 1 aliphatic rings. The first-order valence-corrected chi connectivity index (χ1v) is 5.44. The van der Waals surface area contributed by atoms with Crippen LogP contribution in [0.1, 0.15) is 31.7 Å². The van der Waals surface area contributed by atoms with Gasteiger partial charge in [-0.3, -0.25) is 0 Å². The van der Waals surface area contributed by atoms with Gasteiger partial charge >= 0.3 is 0 Å². The van der Waals surface area contributed by atoms with E-state index in [1.807, 2.05) is 0 Å². The second-order valence-corrected chi connectivity index (χ2v) is 4.80. The highest BCUT2D eigenvalue weighted by atomic mass is 16.5. The molecular formula is C14H18O. The van der Waals surface area contributed by atoms with Crippen molar-refractivity contribution < 1.29 is 4.74 Å². The van der Waals surface area contributed by atoms with Gasteiger partial charge in [-0.25, -0.2) is 0 Å². The molecule has 0 saturated carbocycles. The van der Waals surface area contributed by atoms with Crippen molar-refractivity contribution in [1.82, 2.24) is 0 Å². The fraction of sp³-hybridized carbons (Fsp3) is 0.429. The molecular weight excluding hydrogens is 184 g/mol. The van der Waals surface area contributed by atoms with Crippen molar-refractivity contribution in [3.63, 3.8) is 0 Å². The third-order valence-corrected chi connectivity index (χ3v) is 3.30. The van der Waals surface area contributed by atoms with Crippen molar-refractivity contribution in [3.8, 4) is 0 Å². The zero-order chi connectivity index (χ0) is 10.9. The Hall–Kier alpha value is -1.24. The molecule has 0 fully saturated rings. The van der Waals surface area contributed by atoms with E-state index in [0.717, 1.165) is 12.2 Å². The SMILES string of the molecule is COC1=CC(C)(C)C(c2ccccc2)C1. The predicted octanol–water partition coefficient (Wildman–Crippen LogP) is 3.73. The lowest BCUT2D eigenvalue weighted by Crippen LogP contribution is -2.14. The Balaban J connectivity index is 2.27. The van der Waals surface area contributed by atoms with Crippen molar-refractivity contribution in [1.29, 1.82) is 0 Å². The van der Waals surface area contributed by atoms with E-state index >= 15 is 0 Å². The predicted molar refractivity (Wildman–Crippen MR) is 62.7 cm³/mol. The molecule has 0 amide bonds. The van der Waals surface area contributed by atoms with Crippen molar-refractivity contribution in [2.24, 2.45) is 5.41 Å². The molecule has 0 aromatic heterocycles. The number of rotatable bonds is 2. The van der Waals surface area contributed by atoms with E-state index in [9.17, 15) is 0 Å². The average molecular weight is 202 g/mol. The molecule has 1 nitrogen and oxygen atoms in total. The third kappa shape index (κ3) is 1.92. The van der Waals surface area contributed by atoms with Crippen molar-refractivity contribution >= 4 is 0 Å². The van der Waals surface area contributed by atoms with Gasteiger partial charge in [0.1, 0.15) is 0 Å². The van der Waals surface area contributed by atoms with Gasteiger partial charge in [-0.2, -0.15) is 0 Å². The van der Waals surface area contributed by atoms with Crippen molar-refractivity contribution in [3.05, 3.63) is 47.7 Å². The number of hydrogen-bond acceptors (Lipinski definition) is 1. The molecule has 15 heavy (non-hydrogen) atoms. The summed E-state index contributed by atoms with van der Waals surface area (Å²) in [6.07, 6.45) is 3.28. The molecule has 1 unspecified atom stereocenters. The van der Waals surface area contributed by atoms with Gasteiger partial charge in [0.2, 0.25) is 0 Å². The zero-order valence-electron chi connectivity index (χ0n) is 9.66. The molecule has 2 rings (SSSR count). The molecule has 0 heterocycles. The molecule has 0 saturated heterocycles. The summed E-state index contributed by atoms with van der Waals surface area (Å²) in [6.45, 7) is 4.55. The summed E-state index contributed by atoms with van der Waals surface area (Å²) in [4.78, 5) is 0. The largest absolute Gasteiger partial charge is 0.501 e. The molecule has 1 aromatic carbocycles. The van der Waals surface area contributed by atoms with Crippen LogP contribution in [0.15, 0.2) is 42.2 Å². The van der Waals surface area contributed by atoms with Gasteiger partial charge < -0.3 is 4.74 Å². The van der Waals surface area contributed by atoms with Crippen LogP contribution in [0.4, 0.5) is 0 Å². The van der Waals surface area contributed by atoms with Gasteiger partial charge in [0, 0.05) is 6.42 Å². The van der Waals surface area contributed by atoms with Crippen LogP contribution in [-0.2, 0) is 4.74 Å². The molecule has 0 spiro atoms. The second-order valence-electron chi connectivity index (χ2n) is 4.80. The lowest BCUT2D eigenvalue weighted by Gasteiger charge is -2.26. The van der Waals surface area contributed by atoms with Crippen LogP contribution in [0, 0.1) is 5.41 Å². The quantitative estimate of drug-likeness (QED) is 0.710. The van der Waals surface area contributed by atoms with E-state index in [2.05, 4.69) is 50.3 Å². The van der Waals surface area contributed by atoms with E-state index in [-0.39, 0.29) is 5.41 Å². The minimum Gasteiger partial charge on any atom is -0.501 e. The molecule has 1 atom stereocenters. The minimum absolute atomic E-state index is 0.201. The van der Waals surface area contributed by atoms with Gasteiger partial charge in [0.25, 0.3) is 0 Å². The van der Waals surface area contributed by atoms with E-state index in [1.165, 1.54) is 5.56 Å². The highest BCUT2D eigenvalue weighted by molar-refractivity contribution is 5.29. The zero-order valence-corrected chi connectivity index (χ0v) is 9.66. The molecule has 0 aliphatic heterocycles. The summed E-state index contributed by atoms with van der Waals surface area (Å²) >= 11 is 0. The Morgan fingerprint density at radius 3 is 2.40 bits per heavy atom. The first-order chi connectivity index (χ1) is 7.13. The Bertz CT molecular complexity index is 362. The monoisotopic (exact) mass is 202 g/mol. The maximum absolute atomic E-state index is 5.36. The number of ether oxygens (including phenoxy) is 1. The highest BCUT2D eigenvalue weighted by Gasteiger charge is 2.35. The molecule has 80 valence electrons. The maximum atomic E-state index is 5.36. The summed E-state index contributed by atoms with van der Waals surface area (Å²) in [6, 6.07) is 10.7. The summed E-state index contributed by atoms with van der Waals surface area (Å²) < 4.78 is 5.36. The number of methoxy groups -OCH3 is 1. The Kier molecular flexibility index (Phi) is 2.56. The maximum Gasteiger partial charge on any atom is 0.0927 e. The molecule has 0 N–H and O–H groups in total. The summed E-state index contributed by atoms with van der Waals surface area (Å²) in [5, 5.41) is 0. The van der Waals surface area contributed by atoms with Crippen LogP contribution in [-0.4, -0.2) is 7.11 Å². The lowest BCUT2D eigenvalue weighted by atomic mass is 9.78. The number of benzene rings is 1. The van der Waals surface area contributed by atoms with Crippen LogP contribution >= 0.6 is 0 Å². The van der Waals surface area contributed by atoms with Gasteiger partial charge in [-0.15, -0.1) is 0 Å². The summed E-state index contributed by atoms with van der Waals surface area (Å²) in [5.74, 6) is 1.67. The lowest BCUT2D eigenvalue weighted by molar-refractivity contribution is 0.277. The molecule has 1 aliphatic carbocycles. The van der Waals surface area contributed by atoms with Crippen LogP contribution in [0.3, 0.4) is 0 Å². The Labute approximate surface area is 91.8 Å². The fourth-order valence-electron chi connectivity index (χ4n) is 2.41. The van der Waals surface area contributed by atoms with Gasteiger partial charge in [0.15, 0.2) is 0 Å². The average Bonchev–Trinajstić information content (AvgIpc) is 2.55.